The van der Waals surface area contributed by atoms with Crippen LogP contribution in [0.5, 0.6) is 11.5 Å². The van der Waals surface area contributed by atoms with Gasteiger partial charge in [-0.2, -0.15) is 0 Å². The van der Waals surface area contributed by atoms with Gasteiger partial charge in [-0.05, 0) is 55.8 Å². The second-order valence-corrected chi connectivity index (χ2v) is 5.95. The summed E-state index contributed by atoms with van der Waals surface area (Å²) in [5.41, 5.74) is 1.13. The summed E-state index contributed by atoms with van der Waals surface area (Å²) in [6, 6.07) is 11.9. The van der Waals surface area contributed by atoms with Gasteiger partial charge >= 0.3 is 0 Å². The van der Waals surface area contributed by atoms with Gasteiger partial charge in [-0.15, -0.1) is 0 Å². The summed E-state index contributed by atoms with van der Waals surface area (Å²) in [5.74, 6) is 2.44. The third kappa shape index (κ3) is 4.61. The molecule has 0 bridgehead atoms. The average Bonchev–Trinajstić information content (AvgIpc) is 3.15. The third-order valence-corrected chi connectivity index (χ3v) is 4.23. The van der Waals surface area contributed by atoms with Gasteiger partial charge in [-0.1, -0.05) is 12.1 Å². The number of hydrogen-bond donors (Lipinski definition) is 1. The van der Waals surface area contributed by atoms with E-state index in [-0.39, 0.29) is 0 Å². The van der Waals surface area contributed by atoms with Crippen molar-refractivity contribution in [3.63, 3.8) is 0 Å². The largest absolute Gasteiger partial charge is 0.493 e. The number of ether oxygens (including phenoxy) is 2. The molecule has 1 aliphatic rings. The predicted molar refractivity (Wildman–Crippen MR) is 95.7 cm³/mol. The maximum atomic E-state index is 5.91. The lowest BCUT2D eigenvalue weighted by Crippen LogP contribution is -2.25. The van der Waals surface area contributed by atoms with Gasteiger partial charge in [-0.3, -0.25) is 4.90 Å². The minimum absolute atomic E-state index is 0.696. The first-order valence-corrected chi connectivity index (χ1v) is 8.52. The highest BCUT2D eigenvalue weighted by atomic mass is 16.5. The molecule has 2 aromatic rings. The molecular weight excluding hydrogens is 302 g/mol. The molecule has 0 unspecified atom stereocenters. The standard InChI is InChI=1S/C19H25N3O2/c1-23-18-14-16(15-21-19-6-2-3-9-20-19)7-8-17(18)24-13-12-22-10-4-5-11-22/h2-3,6-9,14H,4-5,10-13,15H2,1H3,(H,20,21). The number of pyridine rings is 1. The molecule has 128 valence electrons. The van der Waals surface area contributed by atoms with E-state index in [0.29, 0.717) is 13.2 Å². The van der Waals surface area contributed by atoms with E-state index < -0.39 is 0 Å². The normalized spacial score (nSPS) is 14.5. The van der Waals surface area contributed by atoms with Crippen molar-refractivity contribution in [3.8, 4) is 11.5 Å². The van der Waals surface area contributed by atoms with Crippen molar-refractivity contribution in [1.29, 1.82) is 0 Å². The predicted octanol–water partition coefficient (Wildman–Crippen LogP) is 3.18. The fraction of sp³-hybridized carbons (Fsp3) is 0.421. The van der Waals surface area contributed by atoms with Gasteiger partial charge in [0.25, 0.3) is 0 Å². The van der Waals surface area contributed by atoms with E-state index in [0.717, 1.165) is 29.4 Å². The number of nitrogens with zero attached hydrogens (tertiary/aromatic N) is 2. The van der Waals surface area contributed by atoms with E-state index in [1.54, 1.807) is 13.3 Å². The number of hydrogen-bond acceptors (Lipinski definition) is 5. The summed E-state index contributed by atoms with van der Waals surface area (Å²) in [4.78, 5) is 6.70. The van der Waals surface area contributed by atoms with Crippen LogP contribution < -0.4 is 14.8 Å². The number of benzene rings is 1. The second-order valence-electron chi connectivity index (χ2n) is 5.95. The average molecular weight is 327 g/mol. The smallest absolute Gasteiger partial charge is 0.161 e. The van der Waals surface area contributed by atoms with Crippen molar-refractivity contribution >= 4 is 5.82 Å². The molecule has 5 heteroatoms. The maximum Gasteiger partial charge on any atom is 0.161 e. The fourth-order valence-electron chi connectivity index (χ4n) is 2.89. The van der Waals surface area contributed by atoms with Crippen LogP contribution in [0, 0.1) is 0 Å². The lowest BCUT2D eigenvalue weighted by atomic mass is 10.2. The molecule has 0 spiro atoms. The zero-order chi connectivity index (χ0) is 16.6. The minimum atomic E-state index is 0.696. The molecule has 1 aromatic carbocycles. The molecule has 3 rings (SSSR count). The van der Waals surface area contributed by atoms with Gasteiger partial charge in [0.05, 0.1) is 7.11 Å². The number of aromatic nitrogens is 1. The van der Waals surface area contributed by atoms with Crippen LogP contribution in [0.1, 0.15) is 18.4 Å². The van der Waals surface area contributed by atoms with Crippen LogP contribution in [0.2, 0.25) is 0 Å². The Morgan fingerprint density at radius 1 is 1.12 bits per heavy atom. The molecule has 1 N–H and O–H groups in total. The molecule has 0 aliphatic carbocycles. The van der Waals surface area contributed by atoms with Crippen LogP contribution in [0.3, 0.4) is 0 Å². The zero-order valence-electron chi connectivity index (χ0n) is 14.2. The molecule has 0 saturated carbocycles. The zero-order valence-corrected chi connectivity index (χ0v) is 14.2. The van der Waals surface area contributed by atoms with Crippen LogP contribution in [0.15, 0.2) is 42.6 Å². The van der Waals surface area contributed by atoms with E-state index in [4.69, 9.17) is 9.47 Å². The number of likely N-dealkylation sites (tertiary alicyclic amines) is 1. The van der Waals surface area contributed by atoms with Gasteiger partial charge in [0.1, 0.15) is 12.4 Å². The summed E-state index contributed by atoms with van der Waals surface area (Å²) in [5, 5.41) is 3.30. The maximum absolute atomic E-state index is 5.91. The number of anilines is 1. The van der Waals surface area contributed by atoms with Crippen molar-refractivity contribution in [3.05, 3.63) is 48.2 Å². The van der Waals surface area contributed by atoms with Crippen molar-refractivity contribution in [2.75, 3.05) is 38.7 Å². The van der Waals surface area contributed by atoms with Crippen LogP contribution in [-0.2, 0) is 6.54 Å². The Bertz CT molecular complexity index is 628. The van der Waals surface area contributed by atoms with Gasteiger partial charge in [0.15, 0.2) is 11.5 Å². The summed E-state index contributed by atoms with van der Waals surface area (Å²) in [6.45, 7) is 4.76. The highest BCUT2D eigenvalue weighted by Crippen LogP contribution is 2.28. The van der Waals surface area contributed by atoms with Gasteiger partial charge in [0.2, 0.25) is 0 Å². The van der Waals surface area contributed by atoms with E-state index >= 15 is 0 Å². The summed E-state index contributed by atoms with van der Waals surface area (Å²) < 4.78 is 11.4. The van der Waals surface area contributed by atoms with Crippen LogP contribution in [0.25, 0.3) is 0 Å². The number of rotatable bonds is 8. The van der Waals surface area contributed by atoms with E-state index in [1.165, 1.54) is 25.9 Å². The first kappa shape index (κ1) is 16.6. The van der Waals surface area contributed by atoms with Gasteiger partial charge in [0, 0.05) is 19.3 Å². The van der Waals surface area contributed by atoms with Crippen LogP contribution >= 0.6 is 0 Å². The molecule has 0 radical (unpaired) electrons. The lowest BCUT2D eigenvalue weighted by molar-refractivity contribution is 0.230. The summed E-state index contributed by atoms with van der Waals surface area (Å²) in [7, 11) is 1.68. The molecular formula is C19H25N3O2. The minimum Gasteiger partial charge on any atom is -0.493 e. The van der Waals surface area contributed by atoms with Crippen molar-refractivity contribution < 1.29 is 9.47 Å². The molecule has 0 atom stereocenters. The Morgan fingerprint density at radius 2 is 2.00 bits per heavy atom. The second kappa shape index (κ2) is 8.55. The highest BCUT2D eigenvalue weighted by molar-refractivity contribution is 5.44. The molecule has 0 amide bonds. The first-order valence-electron chi connectivity index (χ1n) is 8.52. The van der Waals surface area contributed by atoms with Crippen molar-refractivity contribution in [2.24, 2.45) is 0 Å². The molecule has 2 heterocycles. The topological polar surface area (TPSA) is 46.6 Å². The molecule has 1 fully saturated rings. The Labute approximate surface area is 143 Å². The first-order chi connectivity index (χ1) is 11.8. The number of nitrogens with one attached hydrogen (secondary N) is 1. The molecule has 1 saturated heterocycles. The number of methoxy groups -OCH3 is 1. The van der Waals surface area contributed by atoms with Crippen LogP contribution in [-0.4, -0.2) is 43.2 Å². The lowest BCUT2D eigenvalue weighted by Gasteiger charge is -2.16. The molecule has 24 heavy (non-hydrogen) atoms. The van der Waals surface area contributed by atoms with Crippen LogP contribution in [0.4, 0.5) is 5.82 Å². The highest BCUT2D eigenvalue weighted by Gasteiger charge is 2.12. The van der Waals surface area contributed by atoms with E-state index in [1.807, 2.05) is 30.3 Å². The van der Waals surface area contributed by atoms with E-state index in [9.17, 15) is 0 Å². The summed E-state index contributed by atoms with van der Waals surface area (Å²) >= 11 is 0. The Hall–Kier alpha value is -2.27. The van der Waals surface area contributed by atoms with Gasteiger partial charge < -0.3 is 14.8 Å². The fourth-order valence-corrected chi connectivity index (χ4v) is 2.89. The summed E-state index contributed by atoms with van der Waals surface area (Å²) in [6.07, 6.45) is 4.39. The van der Waals surface area contributed by atoms with Crippen molar-refractivity contribution in [1.82, 2.24) is 9.88 Å². The Kier molecular flexibility index (Phi) is 5.90. The molecule has 1 aliphatic heterocycles. The Morgan fingerprint density at radius 3 is 2.75 bits per heavy atom. The third-order valence-electron chi connectivity index (χ3n) is 4.23. The van der Waals surface area contributed by atoms with Gasteiger partial charge in [-0.25, -0.2) is 4.98 Å². The van der Waals surface area contributed by atoms with Crippen molar-refractivity contribution in [2.45, 2.75) is 19.4 Å². The molecule has 5 nitrogen and oxygen atoms in total. The quantitative estimate of drug-likeness (QED) is 0.807. The monoisotopic (exact) mass is 327 g/mol. The Balaban J connectivity index is 1.53. The molecule has 1 aromatic heterocycles. The SMILES string of the molecule is COc1cc(CNc2ccccn2)ccc1OCCN1CCCC1. The van der Waals surface area contributed by atoms with E-state index in [2.05, 4.69) is 21.3 Å².